The summed E-state index contributed by atoms with van der Waals surface area (Å²) >= 11 is 0. The first-order valence-electron chi connectivity index (χ1n) is 4.46. The molecule has 0 amide bonds. The topological polar surface area (TPSA) is 35.1 Å². The lowest BCUT2D eigenvalue weighted by atomic mass is 10.2. The summed E-state index contributed by atoms with van der Waals surface area (Å²) in [6.07, 6.45) is 5.52. The van der Waals surface area contributed by atoms with Gasteiger partial charge in [0.1, 0.15) is 5.76 Å². The van der Waals surface area contributed by atoms with E-state index in [9.17, 15) is 4.79 Å². The second-order valence-electron chi connectivity index (χ2n) is 3.36. The Kier molecular flexibility index (Phi) is 1.79. The molecule has 3 nitrogen and oxygen atoms in total. The molecule has 0 aromatic carbocycles. The van der Waals surface area contributed by atoms with Gasteiger partial charge in [-0.1, -0.05) is 6.42 Å². The molecule has 0 atom stereocenters. The summed E-state index contributed by atoms with van der Waals surface area (Å²) in [5, 5.41) is 0. The van der Waals surface area contributed by atoms with Gasteiger partial charge in [0.15, 0.2) is 0 Å². The minimum absolute atomic E-state index is 0.207. The first kappa shape index (κ1) is 7.65. The largest absolute Gasteiger partial charge is 0.419 e. The van der Waals surface area contributed by atoms with E-state index in [2.05, 4.69) is 0 Å². The van der Waals surface area contributed by atoms with Gasteiger partial charge >= 0.3 is 5.76 Å². The van der Waals surface area contributed by atoms with Crippen LogP contribution in [0.5, 0.6) is 0 Å². The molecule has 0 unspecified atom stereocenters. The standard InChI is InChI=1S/C9H13NO2/c1-10-7-5-3-2-4-6-8(7)12-9(10)11/h2-6H2,1H3. The summed E-state index contributed by atoms with van der Waals surface area (Å²) in [4.78, 5) is 11.1. The van der Waals surface area contributed by atoms with Crippen LogP contribution in [-0.2, 0) is 19.9 Å². The maximum absolute atomic E-state index is 11.1. The summed E-state index contributed by atoms with van der Waals surface area (Å²) in [6, 6.07) is 0. The minimum atomic E-state index is -0.207. The number of aryl methyl sites for hydroxylation is 1. The van der Waals surface area contributed by atoms with Crippen LogP contribution in [0.4, 0.5) is 0 Å². The fourth-order valence-corrected chi connectivity index (χ4v) is 1.79. The Hall–Kier alpha value is -0.990. The molecule has 0 radical (unpaired) electrons. The van der Waals surface area contributed by atoms with Crippen LogP contribution in [0, 0.1) is 0 Å². The van der Waals surface area contributed by atoms with E-state index in [4.69, 9.17) is 4.42 Å². The van der Waals surface area contributed by atoms with Crippen molar-refractivity contribution < 1.29 is 4.42 Å². The monoisotopic (exact) mass is 167 g/mol. The van der Waals surface area contributed by atoms with Gasteiger partial charge < -0.3 is 4.42 Å². The van der Waals surface area contributed by atoms with E-state index in [0.29, 0.717) is 0 Å². The van der Waals surface area contributed by atoms with Gasteiger partial charge in [0.2, 0.25) is 0 Å². The molecule has 0 saturated heterocycles. The predicted molar refractivity (Wildman–Crippen MR) is 45.2 cm³/mol. The van der Waals surface area contributed by atoms with Crippen LogP contribution in [0.3, 0.4) is 0 Å². The molecule has 12 heavy (non-hydrogen) atoms. The van der Waals surface area contributed by atoms with Crippen molar-refractivity contribution in [3.05, 3.63) is 22.0 Å². The van der Waals surface area contributed by atoms with E-state index in [1.54, 1.807) is 11.6 Å². The van der Waals surface area contributed by atoms with Crippen molar-refractivity contribution in [2.45, 2.75) is 32.1 Å². The summed E-state index contributed by atoms with van der Waals surface area (Å²) in [5.74, 6) is 0.710. The Morgan fingerprint density at radius 3 is 2.83 bits per heavy atom. The smallest absolute Gasteiger partial charge is 0.413 e. The van der Waals surface area contributed by atoms with Crippen molar-refractivity contribution in [1.82, 2.24) is 4.57 Å². The number of aromatic nitrogens is 1. The highest BCUT2D eigenvalue weighted by Gasteiger charge is 2.15. The molecule has 2 rings (SSSR count). The second-order valence-corrected chi connectivity index (χ2v) is 3.36. The van der Waals surface area contributed by atoms with Gasteiger partial charge in [-0.3, -0.25) is 4.57 Å². The van der Waals surface area contributed by atoms with Crippen molar-refractivity contribution in [1.29, 1.82) is 0 Å². The molecule has 0 spiro atoms. The molecule has 1 aromatic rings. The Morgan fingerprint density at radius 1 is 1.25 bits per heavy atom. The number of fused-ring (bicyclic) bond motifs is 1. The van der Waals surface area contributed by atoms with Crippen LogP contribution < -0.4 is 5.76 Å². The lowest BCUT2D eigenvalue weighted by Crippen LogP contribution is -2.11. The van der Waals surface area contributed by atoms with E-state index < -0.39 is 0 Å². The van der Waals surface area contributed by atoms with Crippen LogP contribution in [0.15, 0.2) is 9.21 Å². The Labute approximate surface area is 71.0 Å². The van der Waals surface area contributed by atoms with Crippen molar-refractivity contribution in [3.63, 3.8) is 0 Å². The van der Waals surface area contributed by atoms with Crippen molar-refractivity contribution >= 4 is 0 Å². The van der Waals surface area contributed by atoms with E-state index in [0.717, 1.165) is 30.7 Å². The number of oxazole rings is 1. The number of nitrogens with zero attached hydrogens (tertiary/aromatic N) is 1. The van der Waals surface area contributed by atoms with Gasteiger partial charge in [0, 0.05) is 13.5 Å². The first-order chi connectivity index (χ1) is 5.79. The molecular formula is C9H13NO2. The maximum Gasteiger partial charge on any atom is 0.419 e. The average molecular weight is 167 g/mol. The Balaban J connectivity index is 2.49. The summed E-state index contributed by atoms with van der Waals surface area (Å²) in [7, 11) is 1.79. The van der Waals surface area contributed by atoms with E-state index in [1.165, 1.54) is 12.8 Å². The fourth-order valence-electron chi connectivity index (χ4n) is 1.79. The highest BCUT2D eigenvalue weighted by Crippen LogP contribution is 2.18. The molecule has 1 aromatic heterocycles. The SMILES string of the molecule is Cn1c2c(oc1=O)CCCCC2. The third kappa shape index (κ3) is 1.09. The maximum atomic E-state index is 11.1. The molecule has 3 heteroatoms. The lowest BCUT2D eigenvalue weighted by Gasteiger charge is -1.96. The van der Waals surface area contributed by atoms with Crippen molar-refractivity contribution in [2.75, 3.05) is 0 Å². The number of hydrogen-bond acceptors (Lipinski definition) is 2. The van der Waals surface area contributed by atoms with Gasteiger partial charge in [-0.05, 0) is 19.3 Å². The highest BCUT2D eigenvalue weighted by atomic mass is 16.4. The normalized spacial score (nSPS) is 17.1. The zero-order valence-corrected chi connectivity index (χ0v) is 7.30. The van der Waals surface area contributed by atoms with Gasteiger partial charge in [-0.25, -0.2) is 4.79 Å². The number of rotatable bonds is 0. The molecule has 0 saturated carbocycles. The molecule has 1 heterocycles. The molecule has 0 fully saturated rings. The van der Waals surface area contributed by atoms with E-state index in [-0.39, 0.29) is 5.76 Å². The second kappa shape index (κ2) is 2.81. The van der Waals surface area contributed by atoms with Gasteiger partial charge in [-0.15, -0.1) is 0 Å². The van der Waals surface area contributed by atoms with Crippen LogP contribution >= 0.6 is 0 Å². The van der Waals surface area contributed by atoms with E-state index >= 15 is 0 Å². The molecule has 66 valence electrons. The highest BCUT2D eigenvalue weighted by molar-refractivity contribution is 5.10. The third-order valence-electron chi connectivity index (χ3n) is 2.53. The fraction of sp³-hybridized carbons (Fsp3) is 0.667. The molecule has 0 aliphatic heterocycles. The van der Waals surface area contributed by atoms with Gasteiger partial charge in [-0.2, -0.15) is 0 Å². The summed E-state index contributed by atoms with van der Waals surface area (Å²) < 4.78 is 6.76. The minimum Gasteiger partial charge on any atom is -0.413 e. The lowest BCUT2D eigenvalue weighted by molar-refractivity contribution is 0.450. The molecule has 1 aliphatic carbocycles. The Bertz CT molecular complexity index is 335. The number of hydrogen-bond donors (Lipinski definition) is 0. The van der Waals surface area contributed by atoms with Crippen LogP contribution in [0.25, 0.3) is 0 Å². The summed E-state index contributed by atoms with van der Waals surface area (Å²) in [6.45, 7) is 0. The molecular weight excluding hydrogens is 154 g/mol. The van der Waals surface area contributed by atoms with Crippen molar-refractivity contribution in [3.8, 4) is 0 Å². The first-order valence-corrected chi connectivity index (χ1v) is 4.46. The Morgan fingerprint density at radius 2 is 2.00 bits per heavy atom. The molecule has 0 N–H and O–H groups in total. The van der Waals surface area contributed by atoms with Crippen LogP contribution in [-0.4, -0.2) is 4.57 Å². The van der Waals surface area contributed by atoms with E-state index in [1.807, 2.05) is 0 Å². The summed E-state index contributed by atoms with van der Waals surface area (Å²) in [5.41, 5.74) is 1.11. The molecule has 1 aliphatic rings. The zero-order chi connectivity index (χ0) is 8.55. The van der Waals surface area contributed by atoms with Crippen LogP contribution in [0.2, 0.25) is 0 Å². The van der Waals surface area contributed by atoms with Crippen molar-refractivity contribution in [2.24, 2.45) is 7.05 Å². The van der Waals surface area contributed by atoms with Gasteiger partial charge in [0.25, 0.3) is 0 Å². The quantitative estimate of drug-likeness (QED) is 0.545. The van der Waals surface area contributed by atoms with Crippen LogP contribution in [0.1, 0.15) is 30.7 Å². The molecule has 0 bridgehead atoms. The zero-order valence-electron chi connectivity index (χ0n) is 7.30. The average Bonchev–Trinajstić information content (AvgIpc) is 2.30. The van der Waals surface area contributed by atoms with Gasteiger partial charge in [0.05, 0.1) is 5.69 Å². The predicted octanol–water partition coefficient (Wildman–Crippen LogP) is 1.25. The third-order valence-corrected chi connectivity index (χ3v) is 2.53.